The number of rotatable bonds is 5. The van der Waals surface area contributed by atoms with Gasteiger partial charge in [-0.25, -0.2) is 4.39 Å². The van der Waals surface area contributed by atoms with Crippen LogP contribution in [-0.4, -0.2) is 12.9 Å². The zero-order valence-corrected chi connectivity index (χ0v) is 14.4. The zero-order valence-electron chi connectivity index (χ0n) is 14.4. The van der Waals surface area contributed by atoms with E-state index in [9.17, 15) is 4.79 Å². The van der Waals surface area contributed by atoms with E-state index in [2.05, 4.69) is 0 Å². The Morgan fingerprint density at radius 1 is 1.17 bits per heavy atom. The van der Waals surface area contributed by atoms with Crippen molar-refractivity contribution in [2.75, 3.05) is 7.11 Å². The molecule has 2 nitrogen and oxygen atoms in total. The largest absolute Gasteiger partial charge is 0.496 e. The summed E-state index contributed by atoms with van der Waals surface area (Å²) in [5.74, 6) is 0.230. The molecule has 2 aromatic carbocycles. The summed E-state index contributed by atoms with van der Waals surface area (Å²) in [5.41, 5.74) is 1.79. The van der Waals surface area contributed by atoms with Crippen molar-refractivity contribution in [1.82, 2.24) is 0 Å². The minimum atomic E-state index is -0.355. The fourth-order valence-electron chi connectivity index (χ4n) is 2.57. The van der Waals surface area contributed by atoms with Gasteiger partial charge in [-0.2, -0.15) is 0 Å². The van der Waals surface area contributed by atoms with E-state index in [-0.39, 0.29) is 17.0 Å². The fraction of sp³-hybridized carbons (Fsp3) is 0.350. The highest BCUT2D eigenvalue weighted by atomic mass is 19.1. The maximum absolute atomic E-state index is 15.2. The quantitative estimate of drug-likeness (QED) is 0.691. The molecule has 2 rings (SSSR count). The van der Waals surface area contributed by atoms with Crippen LogP contribution in [0.4, 0.5) is 4.39 Å². The van der Waals surface area contributed by atoms with Crippen LogP contribution in [0.2, 0.25) is 0 Å². The second kappa shape index (κ2) is 6.53. The van der Waals surface area contributed by atoms with E-state index in [1.807, 2.05) is 39.0 Å². The van der Waals surface area contributed by atoms with Crippen LogP contribution in [0.3, 0.4) is 0 Å². The number of carbonyl (C=O) groups excluding carboxylic acids is 1. The molecule has 0 heterocycles. The fourth-order valence-corrected chi connectivity index (χ4v) is 2.57. The van der Waals surface area contributed by atoms with Gasteiger partial charge in [0.25, 0.3) is 0 Å². The van der Waals surface area contributed by atoms with Gasteiger partial charge in [0, 0.05) is 16.7 Å². The molecule has 0 fully saturated rings. The van der Waals surface area contributed by atoms with Gasteiger partial charge in [0.2, 0.25) is 0 Å². The molecule has 0 bridgehead atoms. The summed E-state index contributed by atoms with van der Waals surface area (Å²) in [6, 6.07) is 10.6. The molecule has 0 aromatic heterocycles. The minimum absolute atomic E-state index is 0.0747. The lowest BCUT2D eigenvalue weighted by atomic mass is 9.79. The van der Waals surface area contributed by atoms with Crippen molar-refractivity contribution in [3.8, 4) is 16.9 Å². The number of hydrogen-bond donors (Lipinski definition) is 0. The summed E-state index contributed by atoms with van der Waals surface area (Å²) in [6.07, 6.45) is 0.774. The van der Waals surface area contributed by atoms with Crippen LogP contribution in [0.25, 0.3) is 11.1 Å². The van der Waals surface area contributed by atoms with Gasteiger partial charge in [-0.3, -0.25) is 4.79 Å². The van der Waals surface area contributed by atoms with Crippen LogP contribution < -0.4 is 4.74 Å². The molecule has 0 unspecified atom stereocenters. The molecule has 0 aliphatic rings. The minimum Gasteiger partial charge on any atom is -0.496 e. The van der Waals surface area contributed by atoms with E-state index in [1.165, 1.54) is 6.92 Å². The van der Waals surface area contributed by atoms with Crippen LogP contribution in [-0.2, 0) is 5.41 Å². The van der Waals surface area contributed by atoms with E-state index in [1.54, 1.807) is 25.3 Å². The van der Waals surface area contributed by atoms with Crippen molar-refractivity contribution < 1.29 is 13.9 Å². The summed E-state index contributed by atoms with van der Waals surface area (Å²) < 4.78 is 20.6. The van der Waals surface area contributed by atoms with Crippen LogP contribution in [0.5, 0.6) is 5.75 Å². The van der Waals surface area contributed by atoms with Gasteiger partial charge in [0.15, 0.2) is 5.78 Å². The van der Waals surface area contributed by atoms with Gasteiger partial charge in [0.1, 0.15) is 11.6 Å². The number of Topliss-reactive ketones (excluding diaryl/α,β-unsaturated/α-hetero) is 1. The molecular weight excluding hydrogens is 291 g/mol. The third-order valence-corrected chi connectivity index (χ3v) is 4.49. The third kappa shape index (κ3) is 3.29. The van der Waals surface area contributed by atoms with Gasteiger partial charge in [0.05, 0.1) is 7.11 Å². The number of methoxy groups -OCH3 is 1. The first kappa shape index (κ1) is 17.2. The molecule has 23 heavy (non-hydrogen) atoms. The third-order valence-electron chi connectivity index (χ3n) is 4.49. The normalized spacial score (nSPS) is 11.4. The highest BCUT2D eigenvalue weighted by Gasteiger charge is 2.26. The molecule has 122 valence electrons. The Kier molecular flexibility index (Phi) is 4.88. The number of ketones is 1. The van der Waals surface area contributed by atoms with Gasteiger partial charge in [-0.15, -0.1) is 0 Å². The Hall–Kier alpha value is -2.16. The average Bonchev–Trinajstić information content (AvgIpc) is 2.54. The Morgan fingerprint density at radius 2 is 1.83 bits per heavy atom. The monoisotopic (exact) mass is 314 g/mol. The van der Waals surface area contributed by atoms with E-state index < -0.39 is 0 Å². The maximum Gasteiger partial charge on any atom is 0.159 e. The Bertz CT molecular complexity index is 732. The van der Waals surface area contributed by atoms with Crippen molar-refractivity contribution in [2.45, 2.75) is 39.5 Å². The number of hydrogen-bond acceptors (Lipinski definition) is 2. The number of ether oxygens (including phenoxy) is 1. The topological polar surface area (TPSA) is 26.3 Å². The molecule has 0 N–H and O–H groups in total. The first-order chi connectivity index (χ1) is 10.8. The first-order valence-corrected chi connectivity index (χ1v) is 7.80. The Labute approximate surface area is 137 Å². The highest BCUT2D eigenvalue weighted by Crippen LogP contribution is 2.38. The van der Waals surface area contributed by atoms with Gasteiger partial charge in [-0.05, 0) is 42.5 Å². The van der Waals surface area contributed by atoms with Gasteiger partial charge < -0.3 is 4.74 Å². The highest BCUT2D eigenvalue weighted by molar-refractivity contribution is 5.96. The predicted molar refractivity (Wildman–Crippen MR) is 91.7 cm³/mol. The second-order valence-electron chi connectivity index (χ2n) is 6.38. The van der Waals surface area contributed by atoms with Crippen molar-refractivity contribution in [2.24, 2.45) is 0 Å². The lowest BCUT2D eigenvalue weighted by Crippen LogP contribution is -2.19. The van der Waals surface area contributed by atoms with Gasteiger partial charge >= 0.3 is 0 Å². The molecule has 0 atom stereocenters. The molecule has 0 saturated carbocycles. The van der Waals surface area contributed by atoms with E-state index >= 15 is 4.39 Å². The molecule has 0 spiro atoms. The van der Waals surface area contributed by atoms with Crippen molar-refractivity contribution in [3.05, 3.63) is 53.3 Å². The Morgan fingerprint density at radius 3 is 2.39 bits per heavy atom. The SMILES string of the molecule is CCC(C)(C)c1cc(C(C)=O)cc(-c2ccccc2OC)c1F. The van der Waals surface area contributed by atoms with E-state index in [0.717, 1.165) is 6.42 Å². The molecule has 0 aliphatic heterocycles. The molecule has 0 radical (unpaired) electrons. The summed E-state index contributed by atoms with van der Waals surface area (Å²) in [4.78, 5) is 11.9. The van der Waals surface area contributed by atoms with Crippen molar-refractivity contribution in [1.29, 1.82) is 0 Å². The standard InChI is InChI=1S/C20H23FO2/c1-6-20(3,4)17-12-14(13(2)22)11-16(19(17)21)15-9-7-8-10-18(15)23-5/h7-12H,6H2,1-5H3. The van der Waals surface area contributed by atoms with Crippen LogP contribution in [0.1, 0.15) is 50.0 Å². The molecule has 3 heteroatoms. The van der Waals surface area contributed by atoms with E-state index in [4.69, 9.17) is 4.74 Å². The summed E-state index contributed by atoms with van der Waals surface area (Å²) >= 11 is 0. The smallest absolute Gasteiger partial charge is 0.159 e. The van der Waals surface area contributed by atoms with E-state index in [0.29, 0.717) is 28.0 Å². The number of halogens is 1. The van der Waals surface area contributed by atoms with Crippen molar-refractivity contribution in [3.63, 3.8) is 0 Å². The molecular formula is C20H23FO2. The van der Waals surface area contributed by atoms with Crippen LogP contribution in [0.15, 0.2) is 36.4 Å². The lowest BCUT2D eigenvalue weighted by Gasteiger charge is -2.26. The lowest BCUT2D eigenvalue weighted by molar-refractivity contribution is 0.101. The number of benzene rings is 2. The predicted octanol–water partition coefficient (Wildman–Crippen LogP) is 5.39. The van der Waals surface area contributed by atoms with Crippen LogP contribution >= 0.6 is 0 Å². The molecule has 0 aliphatic carbocycles. The van der Waals surface area contributed by atoms with Crippen molar-refractivity contribution >= 4 is 5.78 Å². The summed E-state index contributed by atoms with van der Waals surface area (Å²) in [7, 11) is 1.56. The summed E-state index contributed by atoms with van der Waals surface area (Å²) in [6.45, 7) is 7.49. The maximum atomic E-state index is 15.2. The first-order valence-electron chi connectivity index (χ1n) is 7.80. The number of para-hydroxylation sites is 1. The Balaban J connectivity index is 2.80. The zero-order chi connectivity index (χ0) is 17.2. The summed E-state index contributed by atoms with van der Waals surface area (Å²) in [5, 5.41) is 0. The molecule has 2 aromatic rings. The van der Waals surface area contributed by atoms with Gasteiger partial charge in [-0.1, -0.05) is 39.0 Å². The number of carbonyl (C=O) groups is 1. The molecule has 0 amide bonds. The molecule has 0 saturated heterocycles. The second-order valence-corrected chi connectivity index (χ2v) is 6.38. The van der Waals surface area contributed by atoms with Crippen LogP contribution in [0, 0.1) is 5.82 Å². The average molecular weight is 314 g/mol.